The molecule has 4 heteroatoms. The number of benzene rings is 1. The first kappa shape index (κ1) is 13.2. The van der Waals surface area contributed by atoms with Crippen LogP contribution in [0.1, 0.15) is 12.0 Å². The predicted molar refractivity (Wildman–Crippen MR) is 74.7 cm³/mol. The van der Waals surface area contributed by atoms with Crippen LogP contribution in [0.2, 0.25) is 0 Å². The zero-order chi connectivity index (χ0) is 12.1. The highest BCUT2D eigenvalue weighted by Crippen LogP contribution is 2.14. The third kappa shape index (κ3) is 4.19. The second-order valence-corrected chi connectivity index (χ2v) is 5.54. The highest BCUT2D eigenvalue weighted by molar-refractivity contribution is 14.1. The zero-order valence-corrected chi connectivity index (χ0v) is 12.0. The molecule has 0 radical (unpaired) electrons. The molecule has 94 valence electrons. The summed E-state index contributed by atoms with van der Waals surface area (Å²) in [7, 11) is 0. The molecular formula is C13H17FINO. The summed E-state index contributed by atoms with van der Waals surface area (Å²) in [4.78, 5) is 2.38. The number of rotatable bonds is 4. The molecule has 1 aromatic carbocycles. The molecule has 0 aromatic heterocycles. The van der Waals surface area contributed by atoms with Crippen LogP contribution < -0.4 is 0 Å². The van der Waals surface area contributed by atoms with Crippen molar-refractivity contribution >= 4 is 22.6 Å². The predicted octanol–water partition coefficient (Wildman–Crippen LogP) is 2.70. The van der Waals surface area contributed by atoms with Gasteiger partial charge in [0.2, 0.25) is 0 Å². The van der Waals surface area contributed by atoms with Gasteiger partial charge in [0.15, 0.2) is 0 Å². The molecule has 1 fully saturated rings. The monoisotopic (exact) mass is 349 g/mol. The Kier molecular flexibility index (Phi) is 5.18. The van der Waals surface area contributed by atoms with Crippen LogP contribution >= 0.6 is 22.6 Å². The summed E-state index contributed by atoms with van der Waals surface area (Å²) in [5.41, 5.74) is 0.832. The van der Waals surface area contributed by atoms with Crippen molar-refractivity contribution in [3.8, 4) is 0 Å². The minimum Gasteiger partial charge on any atom is -0.379 e. The van der Waals surface area contributed by atoms with E-state index in [0.717, 1.165) is 54.8 Å². The fourth-order valence-electron chi connectivity index (χ4n) is 2.04. The molecule has 1 heterocycles. The van der Waals surface area contributed by atoms with Gasteiger partial charge in [-0.1, -0.05) is 6.07 Å². The maximum atomic E-state index is 13.6. The molecule has 0 amide bonds. The highest BCUT2D eigenvalue weighted by atomic mass is 127. The third-order valence-electron chi connectivity index (χ3n) is 3.04. The number of aryl methyl sites for hydroxylation is 1. The largest absolute Gasteiger partial charge is 0.379 e. The summed E-state index contributed by atoms with van der Waals surface area (Å²) in [6.45, 7) is 4.72. The van der Waals surface area contributed by atoms with Crippen molar-refractivity contribution in [2.24, 2.45) is 0 Å². The fourth-order valence-corrected chi connectivity index (χ4v) is 2.50. The van der Waals surface area contributed by atoms with E-state index in [1.54, 1.807) is 6.07 Å². The Bertz CT molecular complexity index is 366. The van der Waals surface area contributed by atoms with Crippen molar-refractivity contribution in [1.29, 1.82) is 0 Å². The average Bonchev–Trinajstić information content (AvgIpc) is 2.33. The van der Waals surface area contributed by atoms with E-state index >= 15 is 0 Å². The van der Waals surface area contributed by atoms with Crippen LogP contribution in [-0.2, 0) is 11.2 Å². The van der Waals surface area contributed by atoms with Crippen molar-refractivity contribution < 1.29 is 9.13 Å². The first-order valence-electron chi connectivity index (χ1n) is 6.00. The van der Waals surface area contributed by atoms with Crippen molar-refractivity contribution in [2.45, 2.75) is 12.8 Å². The molecule has 0 unspecified atom stereocenters. The second-order valence-electron chi connectivity index (χ2n) is 4.29. The summed E-state index contributed by atoms with van der Waals surface area (Å²) >= 11 is 2.13. The molecule has 0 N–H and O–H groups in total. The molecule has 0 atom stereocenters. The van der Waals surface area contributed by atoms with Gasteiger partial charge in [-0.15, -0.1) is 0 Å². The summed E-state index contributed by atoms with van der Waals surface area (Å²) < 4.78 is 19.8. The number of morpholine rings is 1. The topological polar surface area (TPSA) is 12.5 Å². The lowest BCUT2D eigenvalue weighted by atomic mass is 10.1. The van der Waals surface area contributed by atoms with E-state index < -0.39 is 0 Å². The molecule has 1 aromatic rings. The van der Waals surface area contributed by atoms with Gasteiger partial charge in [0.05, 0.1) is 13.2 Å². The molecule has 1 aliphatic heterocycles. The van der Waals surface area contributed by atoms with Gasteiger partial charge in [-0.05, 0) is 59.7 Å². The highest BCUT2D eigenvalue weighted by Gasteiger charge is 2.10. The first-order valence-corrected chi connectivity index (χ1v) is 7.07. The molecule has 17 heavy (non-hydrogen) atoms. The Hall–Kier alpha value is -0.200. The minimum atomic E-state index is -0.0705. The third-order valence-corrected chi connectivity index (χ3v) is 3.71. The van der Waals surface area contributed by atoms with Crippen LogP contribution in [0, 0.1) is 9.39 Å². The molecule has 2 nitrogen and oxygen atoms in total. The van der Waals surface area contributed by atoms with E-state index in [2.05, 4.69) is 27.5 Å². The Morgan fingerprint density at radius 3 is 2.76 bits per heavy atom. The van der Waals surface area contributed by atoms with Gasteiger partial charge in [0, 0.05) is 16.7 Å². The lowest BCUT2D eigenvalue weighted by molar-refractivity contribution is 0.0374. The van der Waals surface area contributed by atoms with E-state index in [-0.39, 0.29) is 5.82 Å². The molecular weight excluding hydrogens is 332 g/mol. The number of halogens is 2. The Morgan fingerprint density at radius 2 is 2.06 bits per heavy atom. The second kappa shape index (κ2) is 6.66. The quantitative estimate of drug-likeness (QED) is 0.775. The van der Waals surface area contributed by atoms with Crippen LogP contribution in [0.15, 0.2) is 18.2 Å². The van der Waals surface area contributed by atoms with Crippen LogP contribution in [0.5, 0.6) is 0 Å². The lowest BCUT2D eigenvalue weighted by Gasteiger charge is -2.26. The summed E-state index contributed by atoms with van der Waals surface area (Å²) in [5, 5.41) is 0. The Balaban J connectivity index is 1.77. The van der Waals surface area contributed by atoms with E-state index in [9.17, 15) is 4.39 Å². The van der Waals surface area contributed by atoms with E-state index in [1.165, 1.54) is 0 Å². The van der Waals surface area contributed by atoms with Crippen molar-refractivity contribution in [2.75, 3.05) is 32.8 Å². The molecule has 0 saturated carbocycles. The van der Waals surface area contributed by atoms with Gasteiger partial charge in [0.1, 0.15) is 5.82 Å². The van der Waals surface area contributed by atoms with Gasteiger partial charge >= 0.3 is 0 Å². The average molecular weight is 349 g/mol. The van der Waals surface area contributed by atoms with Gasteiger partial charge in [-0.3, -0.25) is 4.90 Å². The fraction of sp³-hybridized carbons (Fsp3) is 0.538. The molecule has 0 bridgehead atoms. The normalized spacial score (nSPS) is 17.3. The smallest absolute Gasteiger partial charge is 0.127 e. The first-order chi connectivity index (χ1) is 8.25. The van der Waals surface area contributed by atoms with Gasteiger partial charge in [-0.2, -0.15) is 0 Å². The Morgan fingerprint density at radius 1 is 1.29 bits per heavy atom. The molecule has 1 aliphatic rings. The molecule has 0 aliphatic carbocycles. The molecule has 2 rings (SSSR count). The summed E-state index contributed by atoms with van der Waals surface area (Å²) in [6.07, 6.45) is 1.83. The standard InChI is InChI=1S/C13H17FINO/c14-13-10-12(15)4-3-11(13)2-1-5-16-6-8-17-9-7-16/h3-4,10H,1-2,5-9H2. The van der Waals surface area contributed by atoms with Gasteiger partial charge in [-0.25, -0.2) is 4.39 Å². The van der Waals surface area contributed by atoms with Crippen LogP contribution in [0.3, 0.4) is 0 Å². The molecule has 1 saturated heterocycles. The van der Waals surface area contributed by atoms with Crippen LogP contribution in [0.4, 0.5) is 4.39 Å². The van der Waals surface area contributed by atoms with Crippen molar-refractivity contribution in [1.82, 2.24) is 4.90 Å². The Labute approximate surface area is 115 Å². The van der Waals surface area contributed by atoms with Gasteiger partial charge in [0.25, 0.3) is 0 Å². The number of hydrogen-bond acceptors (Lipinski definition) is 2. The minimum absolute atomic E-state index is 0.0705. The number of ether oxygens (including phenoxy) is 1. The maximum absolute atomic E-state index is 13.6. The van der Waals surface area contributed by atoms with E-state index in [0.29, 0.717) is 0 Å². The number of hydrogen-bond donors (Lipinski definition) is 0. The van der Waals surface area contributed by atoms with Crippen LogP contribution in [0.25, 0.3) is 0 Å². The van der Waals surface area contributed by atoms with Crippen LogP contribution in [-0.4, -0.2) is 37.7 Å². The number of nitrogens with zero attached hydrogens (tertiary/aromatic N) is 1. The maximum Gasteiger partial charge on any atom is 0.127 e. The molecule has 0 spiro atoms. The van der Waals surface area contributed by atoms with E-state index in [4.69, 9.17) is 4.74 Å². The van der Waals surface area contributed by atoms with E-state index in [1.807, 2.05) is 12.1 Å². The van der Waals surface area contributed by atoms with Crippen molar-refractivity contribution in [3.05, 3.63) is 33.1 Å². The SMILES string of the molecule is Fc1cc(I)ccc1CCCN1CCOCC1. The lowest BCUT2D eigenvalue weighted by Crippen LogP contribution is -2.36. The van der Waals surface area contributed by atoms with Gasteiger partial charge < -0.3 is 4.74 Å². The summed E-state index contributed by atoms with van der Waals surface area (Å²) in [5.74, 6) is -0.0705. The zero-order valence-electron chi connectivity index (χ0n) is 9.79. The summed E-state index contributed by atoms with van der Waals surface area (Å²) in [6, 6.07) is 5.47. The van der Waals surface area contributed by atoms with Crippen molar-refractivity contribution in [3.63, 3.8) is 0 Å².